The van der Waals surface area contributed by atoms with Crippen molar-refractivity contribution in [2.24, 2.45) is 11.8 Å². The van der Waals surface area contributed by atoms with Crippen molar-refractivity contribution >= 4 is 17.6 Å². The monoisotopic (exact) mass is 332 g/mol. The number of benzene rings is 1. The summed E-state index contributed by atoms with van der Waals surface area (Å²) in [4.78, 5) is 25.8. The number of rotatable bonds is 5. The molecule has 1 fully saturated rings. The Morgan fingerprint density at radius 3 is 2.62 bits per heavy atom. The van der Waals surface area contributed by atoms with Crippen LogP contribution in [0.25, 0.3) is 0 Å². The third-order valence-electron chi connectivity index (χ3n) is 5.01. The molecule has 1 aliphatic rings. The van der Waals surface area contributed by atoms with Crippen LogP contribution in [0.1, 0.15) is 49.5 Å². The first-order chi connectivity index (χ1) is 11.3. The van der Waals surface area contributed by atoms with Crippen LogP contribution in [0.5, 0.6) is 0 Å². The predicted molar refractivity (Wildman–Crippen MR) is 95.4 cm³/mol. The van der Waals surface area contributed by atoms with Crippen molar-refractivity contribution in [3.8, 4) is 0 Å². The van der Waals surface area contributed by atoms with Gasteiger partial charge in [-0.15, -0.1) is 0 Å². The van der Waals surface area contributed by atoms with Gasteiger partial charge in [-0.1, -0.05) is 19.9 Å². The van der Waals surface area contributed by atoms with Crippen molar-refractivity contribution in [2.75, 3.05) is 18.4 Å². The summed E-state index contributed by atoms with van der Waals surface area (Å²) in [7, 11) is 0. The number of carboxylic acids is 1. The van der Waals surface area contributed by atoms with Crippen LogP contribution >= 0.6 is 0 Å². The lowest BCUT2D eigenvalue weighted by Gasteiger charge is -2.31. The Hall–Kier alpha value is -2.04. The second-order valence-corrected chi connectivity index (χ2v) is 7.08. The fourth-order valence-electron chi connectivity index (χ4n) is 2.97. The van der Waals surface area contributed by atoms with Crippen LogP contribution in [-0.4, -0.2) is 41.0 Å². The molecule has 2 N–H and O–H groups in total. The number of aliphatic carboxylic acids is 1. The van der Waals surface area contributed by atoms with E-state index in [-0.39, 0.29) is 5.91 Å². The number of piperidine rings is 1. The molecule has 0 spiro atoms. The molecule has 0 aliphatic carbocycles. The summed E-state index contributed by atoms with van der Waals surface area (Å²) in [6.07, 6.45) is 1.38. The van der Waals surface area contributed by atoms with Crippen LogP contribution in [0.2, 0.25) is 0 Å². The lowest BCUT2D eigenvalue weighted by Crippen LogP contribution is -2.42. The highest BCUT2D eigenvalue weighted by Crippen LogP contribution is 2.25. The molecule has 24 heavy (non-hydrogen) atoms. The predicted octanol–water partition coefficient (Wildman–Crippen LogP) is 3.39. The number of nitrogens with one attached hydrogen (secondary N) is 1. The number of nitrogens with zero attached hydrogens (tertiary/aromatic N) is 1. The van der Waals surface area contributed by atoms with Crippen LogP contribution in [0.3, 0.4) is 0 Å². The number of likely N-dealkylation sites (tertiary alicyclic amines) is 1. The Labute approximate surface area is 144 Å². The van der Waals surface area contributed by atoms with E-state index in [9.17, 15) is 14.7 Å². The summed E-state index contributed by atoms with van der Waals surface area (Å²) in [5.74, 6) is -0.850. The number of carbonyl (C=O) groups excluding carboxylic acids is 1. The number of hydrogen-bond donors (Lipinski definition) is 2. The van der Waals surface area contributed by atoms with E-state index in [2.05, 4.69) is 26.1 Å². The van der Waals surface area contributed by atoms with Crippen LogP contribution in [0.4, 0.5) is 5.69 Å². The second-order valence-electron chi connectivity index (χ2n) is 7.08. The molecule has 2 atom stereocenters. The molecule has 2 rings (SSSR count). The quantitative estimate of drug-likeness (QED) is 0.867. The maximum absolute atomic E-state index is 12.9. The maximum Gasteiger partial charge on any atom is 0.308 e. The first-order valence-corrected chi connectivity index (χ1v) is 8.69. The van der Waals surface area contributed by atoms with Crippen molar-refractivity contribution in [3.05, 3.63) is 29.3 Å². The van der Waals surface area contributed by atoms with E-state index in [0.717, 1.165) is 17.7 Å². The number of carboxylic acid groups (broad SMARTS) is 1. The molecule has 2 unspecified atom stereocenters. The number of anilines is 1. The first-order valence-electron chi connectivity index (χ1n) is 8.69. The van der Waals surface area contributed by atoms with E-state index < -0.39 is 11.9 Å². The van der Waals surface area contributed by atoms with E-state index in [1.807, 2.05) is 25.1 Å². The van der Waals surface area contributed by atoms with Gasteiger partial charge in [0.2, 0.25) is 0 Å². The summed E-state index contributed by atoms with van der Waals surface area (Å²) in [6, 6.07) is 6.00. The number of hydrogen-bond acceptors (Lipinski definition) is 3. The van der Waals surface area contributed by atoms with Crippen molar-refractivity contribution < 1.29 is 14.7 Å². The fraction of sp³-hybridized carbons (Fsp3) is 0.579. The average Bonchev–Trinajstić information content (AvgIpc) is 2.56. The zero-order valence-electron chi connectivity index (χ0n) is 15.0. The van der Waals surface area contributed by atoms with Crippen LogP contribution in [0.15, 0.2) is 18.2 Å². The Morgan fingerprint density at radius 2 is 2.00 bits per heavy atom. The van der Waals surface area contributed by atoms with Crippen LogP contribution in [0, 0.1) is 18.8 Å². The molecule has 0 bridgehead atoms. The largest absolute Gasteiger partial charge is 0.481 e. The molecule has 1 aromatic carbocycles. The van der Waals surface area contributed by atoms with E-state index in [4.69, 9.17) is 0 Å². The van der Waals surface area contributed by atoms with E-state index in [1.165, 1.54) is 0 Å². The molecule has 5 heteroatoms. The molecule has 1 saturated heterocycles. The number of amides is 1. The van der Waals surface area contributed by atoms with Gasteiger partial charge in [-0.25, -0.2) is 0 Å². The van der Waals surface area contributed by atoms with Gasteiger partial charge in [0.05, 0.1) is 5.92 Å². The van der Waals surface area contributed by atoms with Gasteiger partial charge >= 0.3 is 5.97 Å². The zero-order chi connectivity index (χ0) is 17.9. The molecule has 5 nitrogen and oxygen atoms in total. The second kappa shape index (κ2) is 7.69. The molecular weight excluding hydrogens is 304 g/mol. The lowest BCUT2D eigenvalue weighted by atomic mass is 9.96. The van der Waals surface area contributed by atoms with Gasteiger partial charge in [-0.05, 0) is 50.3 Å². The molecule has 0 saturated carbocycles. The fourth-order valence-corrected chi connectivity index (χ4v) is 2.97. The average molecular weight is 332 g/mol. The van der Waals surface area contributed by atoms with Crippen molar-refractivity contribution in [2.45, 2.75) is 46.6 Å². The van der Waals surface area contributed by atoms with Gasteiger partial charge in [0.1, 0.15) is 0 Å². The van der Waals surface area contributed by atoms with Crippen molar-refractivity contribution in [1.29, 1.82) is 0 Å². The SMILES string of the molecule is Cc1c(NC(C)C(C)C)cccc1C(=O)N1CCCC(C(=O)O)C1. The van der Waals surface area contributed by atoms with E-state index in [1.54, 1.807) is 4.90 Å². The summed E-state index contributed by atoms with van der Waals surface area (Å²) in [6.45, 7) is 9.31. The van der Waals surface area contributed by atoms with Crippen LogP contribution < -0.4 is 5.32 Å². The molecule has 1 aliphatic heterocycles. The van der Waals surface area contributed by atoms with Gasteiger partial charge in [0.25, 0.3) is 5.91 Å². The minimum Gasteiger partial charge on any atom is -0.481 e. The molecule has 0 aromatic heterocycles. The maximum atomic E-state index is 12.9. The molecule has 1 heterocycles. The van der Waals surface area contributed by atoms with Crippen molar-refractivity contribution in [1.82, 2.24) is 4.90 Å². The van der Waals surface area contributed by atoms with E-state index in [0.29, 0.717) is 37.0 Å². The minimum atomic E-state index is -0.814. The zero-order valence-corrected chi connectivity index (χ0v) is 15.0. The third kappa shape index (κ3) is 4.08. The smallest absolute Gasteiger partial charge is 0.308 e. The Kier molecular flexibility index (Phi) is 5.86. The summed E-state index contributed by atoms with van der Waals surface area (Å²) in [5, 5.41) is 12.7. The highest BCUT2D eigenvalue weighted by molar-refractivity contribution is 5.97. The standard InChI is InChI=1S/C19H28N2O3/c1-12(2)14(4)20-17-9-5-8-16(13(17)3)18(22)21-10-6-7-15(11-21)19(23)24/h5,8-9,12,14-15,20H,6-7,10-11H2,1-4H3,(H,23,24). The summed E-state index contributed by atoms with van der Waals surface area (Å²) >= 11 is 0. The van der Waals surface area contributed by atoms with Crippen molar-refractivity contribution in [3.63, 3.8) is 0 Å². The Morgan fingerprint density at radius 1 is 1.29 bits per heavy atom. The first kappa shape index (κ1) is 18.3. The third-order valence-corrected chi connectivity index (χ3v) is 5.01. The molecule has 132 valence electrons. The molecular formula is C19H28N2O3. The minimum absolute atomic E-state index is 0.0701. The normalized spacial score (nSPS) is 19.2. The Balaban J connectivity index is 2.19. The lowest BCUT2D eigenvalue weighted by molar-refractivity contribution is -0.143. The Bertz CT molecular complexity index is 613. The van der Waals surface area contributed by atoms with Gasteiger partial charge < -0.3 is 15.3 Å². The number of carbonyl (C=O) groups is 2. The van der Waals surface area contributed by atoms with E-state index >= 15 is 0 Å². The molecule has 1 aromatic rings. The highest BCUT2D eigenvalue weighted by Gasteiger charge is 2.29. The summed E-state index contributed by atoms with van der Waals surface area (Å²) < 4.78 is 0. The topological polar surface area (TPSA) is 69.6 Å². The van der Waals surface area contributed by atoms with Crippen LogP contribution in [-0.2, 0) is 4.79 Å². The van der Waals surface area contributed by atoms with Gasteiger partial charge in [-0.3, -0.25) is 9.59 Å². The summed E-state index contributed by atoms with van der Waals surface area (Å²) in [5.41, 5.74) is 2.54. The van der Waals surface area contributed by atoms with Gasteiger partial charge in [0, 0.05) is 30.4 Å². The molecule has 0 radical (unpaired) electrons. The highest BCUT2D eigenvalue weighted by atomic mass is 16.4. The molecule has 1 amide bonds. The van der Waals surface area contributed by atoms with Gasteiger partial charge in [0.15, 0.2) is 0 Å². The van der Waals surface area contributed by atoms with Gasteiger partial charge in [-0.2, -0.15) is 0 Å².